The molecular weight excluding hydrogens is 168 g/mol. The molecular formula is C9H14N2O2. The first-order valence-electron chi connectivity index (χ1n) is 4.76. The van der Waals surface area contributed by atoms with Gasteiger partial charge in [0.1, 0.15) is 0 Å². The zero-order valence-electron chi connectivity index (χ0n) is 7.48. The zero-order valence-corrected chi connectivity index (χ0v) is 7.48. The van der Waals surface area contributed by atoms with Crippen molar-refractivity contribution in [2.45, 2.75) is 32.1 Å². The summed E-state index contributed by atoms with van der Waals surface area (Å²) in [6.07, 6.45) is 4.64. The van der Waals surface area contributed by atoms with Gasteiger partial charge in [-0.15, -0.1) is 0 Å². The van der Waals surface area contributed by atoms with Crippen LogP contribution in [0.2, 0.25) is 0 Å². The van der Waals surface area contributed by atoms with Crippen LogP contribution < -0.4 is 0 Å². The third-order valence-electron chi connectivity index (χ3n) is 3.27. The molecule has 4 nitrogen and oxygen atoms in total. The normalized spacial score (nSPS) is 39.7. The van der Waals surface area contributed by atoms with Gasteiger partial charge in [-0.3, -0.25) is 0 Å². The Morgan fingerprint density at radius 2 is 1.38 bits per heavy atom. The van der Waals surface area contributed by atoms with Crippen LogP contribution >= 0.6 is 0 Å². The molecule has 0 aromatic heterocycles. The largest absolute Gasteiger partial charge is 0.411 e. The molecule has 2 rings (SSSR count). The molecule has 13 heavy (non-hydrogen) atoms. The van der Waals surface area contributed by atoms with E-state index in [1.807, 2.05) is 0 Å². The maximum atomic E-state index is 8.73. The van der Waals surface area contributed by atoms with E-state index in [2.05, 4.69) is 10.3 Å². The van der Waals surface area contributed by atoms with Gasteiger partial charge in [-0.25, -0.2) is 0 Å². The number of hydrogen-bond donors (Lipinski definition) is 2. The highest BCUT2D eigenvalue weighted by molar-refractivity contribution is 5.94. The van der Waals surface area contributed by atoms with Crippen LogP contribution in [0, 0.1) is 11.8 Å². The molecule has 0 aromatic rings. The Kier molecular flexibility index (Phi) is 2.20. The zero-order chi connectivity index (χ0) is 9.26. The van der Waals surface area contributed by atoms with Crippen molar-refractivity contribution in [3.63, 3.8) is 0 Å². The second-order valence-electron chi connectivity index (χ2n) is 3.89. The van der Waals surface area contributed by atoms with Gasteiger partial charge in [-0.2, -0.15) is 0 Å². The lowest BCUT2D eigenvalue weighted by molar-refractivity contribution is 0.288. The highest BCUT2D eigenvalue weighted by Gasteiger charge is 2.34. The minimum Gasteiger partial charge on any atom is -0.411 e. The van der Waals surface area contributed by atoms with Gasteiger partial charge in [0, 0.05) is 11.8 Å². The van der Waals surface area contributed by atoms with Crippen LogP contribution in [-0.2, 0) is 0 Å². The molecule has 2 aliphatic rings. The Balaban J connectivity index is 2.13. The van der Waals surface area contributed by atoms with E-state index in [-0.39, 0.29) is 0 Å². The number of rotatable bonds is 0. The summed E-state index contributed by atoms with van der Waals surface area (Å²) in [5, 5.41) is 24.1. The van der Waals surface area contributed by atoms with E-state index in [1.54, 1.807) is 0 Å². The molecule has 4 heteroatoms. The highest BCUT2D eigenvalue weighted by atomic mass is 16.4. The summed E-state index contributed by atoms with van der Waals surface area (Å²) < 4.78 is 0. The second-order valence-corrected chi connectivity index (χ2v) is 3.89. The third kappa shape index (κ3) is 1.41. The molecule has 2 N–H and O–H groups in total. The topological polar surface area (TPSA) is 65.2 Å². The van der Waals surface area contributed by atoms with Crippen LogP contribution in [0.1, 0.15) is 32.1 Å². The van der Waals surface area contributed by atoms with Gasteiger partial charge in [0.25, 0.3) is 0 Å². The SMILES string of the molecule is O/N=C1/CC[C@H]2C[C@@H]1CC/C2=N\O. The third-order valence-corrected chi connectivity index (χ3v) is 3.27. The summed E-state index contributed by atoms with van der Waals surface area (Å²) in [6, 6.07) is 0. The minimum absolute atomic E-state index is 0.425. The van der Waals surface area contributed by atoms with E-state index >= 15 is 0 Å². The van der Waals surface area contributed by atoms with Crippen LogP contribution in [0.4, 0.5) is 0 Å². The summed E-state index contributed by atoms with van der Waals surface area (Å²) in [5.74, 6) is 0.850. The number of fused-ring (bicyclic) bond motifs is 2. The number of nitrogens with zero attached hydrogens (tertiary/aromatic N) is 2. The van der Waals surface area contributed by atoms with Gasteiger partial charge in [0.15, 0.2) is 0 Å². The average molecular weight is 182 g/mol. The van der Waals surface area contributed by atoms with Crippen molar-refractivity contribution in [1.82, 2.24) is 0 Å². The van der Waals surface area contributed by atoms with Crippen molar-refractivity contribution in [2.24, 2.45) is 22.1 Å². The predicted octanol–water partition coefficient (Wildman–Crippen LogP) is 1.86. The molecule has 0 aliphatic heterocycles. The van der Waals surface area contributed by atoms with Gasteiger partial charge in [-0.05, 0) is 32.1 Å². The number of hydrogen-bond acceptors (Lipinski definition) is 4. The fourth-order valence-corrected chi connectivity index (χ4v) is 2.50. The standard InChI is InChI=1S/C9H14N2O2/c12-10-8-3-1-6-5-7(8)2-4-9(6)11-13/h6-7,12-13H,1-5H2/b10-8-,11-9+/t6-,7-/m0/s1. The van der Waals surface area contributed by atoms with Gasteiger partial charge < -0.3 is 10.4 Å². The molecule has 2 fully saturated rings. The maximum Gasteiger partial charge on any atom is 0.0602 e. The van der Waals surface area contributed by atoms with Crippen LogP contribution in [0.25, 0.3) is 0 Å². The average Bonchev–Trinajstić information content (AvgIpc) is 2.19. The molecule has 0 radical (unpaired) electrons. The first-order valence-corrected chi connectivity index (χ1v) is 4.76. The molecule has 0 saturated heterocycles. The molecule has 2 bridgehead atoms. The Morgan fingerprint density at radius 3 is 1.77 bits per heavy atom. The predicted molar refractivity (Wildman–Crippen MR) is 48.5 cm³/mol. The smallest absolute Gasteiger partial charge is 0.0602 e. The monoisotopic (exact) mass is 182 g/mol. The summed E-state index contributed by atoms with van der Waals surface area (Å²) in [4.78, 5) is 0. The highest BCUT2D eigenvalue weighted by Crippen LogP contribution is 2.36. The van der Waals surface area contributed by atoms with Crippen LogP contribution in [0.5, 0.6) is 0 Å². The first-order chi connectivity index (χ1) is 6.35. The fourth-order valence-electron chi connectivity index (χ4n) is 2.50. The Morgan fingerprint density at radius 1 is 0.923 bits per heavy atom. The van der Waals surface area contributed by atoms with Crippen molar-refractivity contribution < 1.29 is 10.4 Å². The van der Waals surface area contributed by atoms with Crippen molar-refractivity contribution in [3.05, 3.63) is 0 Å². The lowest BCUT2D eigenvalue weighted by atomic mass is 9.70. The Labute approximate surface area is 76.9 Å². The molecule has 0 aromatic carbocycles. The molecule has 2 saturated carbocycles. The van der Waals surface area contributed by atoms with E-state index < -0.39 is 0 Å². The van der Waals surface area contributed by atoms with Crippen LogP contribution in [-0.4, -0.2) is 21.8 Å². The lowest BCUT2D eigenvalue weighted by Crippen LogP contribution is -2.34. The quantitative estimate of drug-likeness (QED) is 0.443. The van der Waals surface area contributed by atoms with Crippen LogP contribution in [0.15, 0.2) is 10.3 Å². The van der Waals surface area contributed by atoms with Crippen molar-refractivity contribution in [1.29, 1.82) is 0 Å². The van der Waals surface area contributed by atoms with Gasteiger partial charge in [0.2, 0.25) is 0 Å². The molecule has 72 valence electrons. The van der Waals surface area contributed by atoms with Gasteiger partial charge in [0.05, 0.1) is 11.4 Å². The van der Waals surface area contributed by atoms with Crippen molar-refractivity contribution >= 4 is 11.4 Å². The second kappa shape index (κ2) is 3.36. The molecule has 2 atom stereocenters. The summed E-state index contributed by atoms with van der Waals surface area (Å²) in [5.41, 5.74) is 1.88. The van der Waals surface area contributed by atoms with E-state index in [9.17, 15) is 0 Å². The molecule has 0 amide bonds. The first kappa shape index (κ1) is 8.53. The summed E-state index contributed by atoms with van der Waals surface area (Å²) >= 11 is 0. The molecule has 0 heterocycles. The van der Waals surface area contributed by atoms with E-state index in [0.29, 0.717) is 11.8 Å². The van der Waals surface area contributed by atoms with Crippen molar-refractivity contribution in [2.75, 3.05) is 0 Å². The van der Waals surface area contributed by atoms with E-state index in [1.165, 1.54) is 0 Å². The van der Waals surface area contributed by atoms with E-state index in [0.717, 1.165) is 43.5 Å². The molecule has 0 spiro atoms. The van der Waals surface area contributed by atoms with Gasteiger partial charge >= 0.3 is 0 Å². The lowest BCUT2D eigenvalue weighted by Gasteiger charge is -2.34. The summed E-state index contributed by atoms with van der Waals surface area (Å²) in [7, 11) is 0. The number of oxime groups is 2. The van der Waals surface area contributed by atoms with Crippen molar-refractivity contribution in [3.8, 4) is 0 Å². The van der Waals surface area contributed by atoms with Gasteiger partial charge in [-0.1, -0.05) is 10.3 Å². The molecule has 0 unspecified atom stereocenters. The van der Waals surface area contributed by atoms with Crippen LogP contribution in [0.3, 0.4) is 0 Å². The Hall–Kier alpha value is -1.06. The van der Waals surface area contributed by atoms with E-state index in [4.69, 9.17) is 10.4 Å². The minimum atomic E-state index is 0.425. The Bertz CT molecular complexity index is 234. The maximum absolute atomic E-state index is 8.73. The summed E-state index contributed by atoms with van der Waals surface area (Å²) in [6.45, 7) is 0. The fraction of sp³-hybridized carbons (Fsp3) is 0.778. The molecule has 2 aliphatic carbocycles.